The molecule has 0 bridgehead atoms. The van der Waals surface area contributed by atoms with Crippen LogP contribution in [0.4, 0.5) is 0 Å². The van der Waals surface area contributed by atoms with Crippen molar-refractivity contribution in [1.82, 2.24) is 9.88 Å². The highest BCUT2D eigenvalue weighted by Crippen LogP contribution is 2.38. The molecule has 1 unspecified atom stereocenters. The zero-order valence-corrected chi connectivity index (χ0v) is 16.3. The fourth-order valence-corrected chi connectivity index (χ4v) is 3.44. The maximum atomic E-state index is 12.5. The highest BCUT2D eigenvalue weighted by molar-refractivity contribution is 7.85. The van der Waals surface area contributed by atoms with Crippen molar-refractivity contribution in [2.45, 2.75) is 25.4 Å². The summed E-state index contributed by atoms with van der Waals surface area (Å²) < 4.78 is 33.4. The fraction of sp³-hybridized carbons (Fsp3) is 0.412. The number of benzene rings is 1. The van der Waals surface area contributed by atoms with Crippen LogP contribution in [0.15, 0.2) is 23.3 Å². The van der Waals surface area contributed by atoms with Gasteiger partial charge in [-0.1, -0.05) is 12.1 Å². The molecule has 1 aromatic heterocycles. The largest absolute Gasteiger partial charge is 0.377 e. The Kier molecular flexibility index (Phi) is 6.58. The van der Waals surface area contributed by atoms with E-state index in [0.717, 1.165) is 41.3 Å². The Morgan fingerprint density at radius 1 is 1.48 bits per heavy atom. The molecule has 148 valence electrons. The molecule has 2 aromatic rings. The van der Waals surface area contributed by atoms with Crippen molar-refractivity contribution in [2.24, 2.45) is 18.0 Å². The van der Waals surface area contributed by atoms with E-state index in [4.69, 9.17) is 15.1 Å². The normalized spacial score (nSPS) is 16.7. The number of carbonyl (C=O) groups is 1. The minimum Gasteiger partial charge on any atom is -0.377 e. The minimum atomic E-state index is -3.67. The summed E-state index contributed by atoms with van der Waals surface area (Å²) in [6, 6.07) is 6.14. The molecule has 9 nitrogen and oxygen atoms in total. The number of aromatic nitrogens is 1. The lowest BCUT2D eigenvalue weighted by Gasteiger charge is -2.14. The van der Waals surface area contributed by atoms with E-state index >= 15 is 0 Å². The van der Waals surface area contributed by atoms with Gasteiger partial charge in [-0.2, -0.15) is 13.5 Å². The van der Waals surface area contributed by atoms with E-state index in [-0.39, 0.29) is 12.0 Å². The molecule has 1 atom stereocenters. The SMILES string of the molecule is COC1CCCc2c(C(=O)NC=NN)n(C)c3cccc1c23.CS(=O)(=O)O. The Hall–Kier alpha value is -2.43. The van der Waals surface area contributed by atoms with Gasteiger partial charge in [-0.25, -0.2) is 0 Å². The van der Waals surface area contributed by atoms with E-state index in [1.165, 1.54) is 6.34 Å². The summed E-state index contributed by atoms with van der Waals surface area (Å²) in [5.41, 5.74) is 3.95. The number of ether oxygens (including phenoxy) is 1. The molecular weight excluding hydrogens is 372 g/mol. The van der Waals surface area contributed by atoms with E-state index < -0.39 is 10.1 Å². The highest BCUT2D eigenvalue weighted by atomic mass is 32.2. The topological polar surface area (TPSA) is 136 Å². The summed E-state index contributed by atoms with van der Waals surface area (Å²) in [5, 5.41) is 7.08. The van der Waals surface area contributed by atoms with Crippen LogP contribution in [-0.4, -0.2) is 43.1 Å². The predicted octanol–water partition coefficient (Wildman–Crippen LogP) is 1.34. The lowest BCUT2D eigenvalue weighted by Crippen LogP contribution is -2.25. The van der Waals surface area contributed by atoms with Crippen LogP contribution in [-0.2, 0) is 28.3 Å². The quantitative estimate of drug-likeness (QED) is 0.235. The van der Waals surface area contributed by atoms with Gasteiger partial charge in [-0.15, -0.1) is 0 Å². The molecule has 1 amide bonds. The molecule has 1 heterocycles. The van der Waals surface area contributed by atoms with E-state index in [1.54, 1.807) is 7.11 Å². The maximum absolute atomic E-state index is 12.5. The Labute approximate surface area is 157 Å². The van der Waals surface area contributed by atoms with Crippen LogP contribution < -0.4 is 11.2 Å². The number of aryl methyl sites for hydroxylation is 2. The van der Waals surface area contributed by atoms with Gasteiger partial charge in [0, 0.05) is 25.1 Å². The van der Waals surface area contributed by atoms with Crippen LogP contribution in [0.25, 0.3) is 10.9 Å². The van der Waals surface area contributed by atoms with Crippen LogP contribution >= 0.6 is 0 Å². The molecule has 1 aliphatic carbocycles. The van der Waals surface area contributed by atoms with Crippen molar-refractivity contribution in [1.29, 1.82) is 0 Å². The van der Waals surface area contributed by atoms with Crippen molar-refractivity contribution in [3.63, 3.8) is 0 Å². The number of hydrogen-bond acceptors (Lipinski definition) is 6. The summed E-state index contributed by atoms with van der Waals surface area (Å²) >= 11 is 0. The van der Waals surface area contributed by atoms with E-state index in [2.05, 4.69) is 16.5 Å². The zero-order chi connectivity index (χ0) is 20.2. The summed E-state index contributed by atoms with van der Waals surface area (Å²) in [6.07, 6.45) is 4.80. The number of nitrogens with zero attached hydrogens (tertiary/aromatic N) is 2. The van der Waals surface area contributed by atoms with Gasteiger partial charge in [0.15, 0.2) is 0 Å². The molecule has 0 radical (unpaired) electrons. The van der Waals surface area contributed by atoms with Gasteiger partial charge in [0.2, 0.25) is 0 Å². The molecule has 0 saturated heterocycles. The molecule has 0 saturated carbocycles. The Balaban J connectivity index is 0.000000465. The molecule has 10 heteroatoms. The molecule has 0 spiro atoms. The first kappa shape index (κ1) is 20.9. The van der Waals surface area contributed by atoms with Crippen molar-refractivity contribution < 1.29 is 22.5 Å². The van der Waals surface area contributed by atoms with Gasteiger partial charge >= 0.3 is 0 Å². The van der Waals surface area contributed by atoms with Crippen LogP contribution in [0.5, 0.6) is 0 Å². The number of carbonyl (C=O) groups excluding carboxylic acids is 1. The first-order chi connectivity index (χ1) is 12.7. The number of nitrogens with one attached hydrogen (secondary N) is 1. The first-order valence-electron chi connectivity index (χ1n) is 8.27. The van der Waals surface area contributed by atoms with E-state index in [9.17, 15) is 13.2 Å². The summed E-state index contributed by atoms with van der Waals surface area (Å²) in [4.78, 5) is 12.5. The fourth-order valence-electron chi connectivity index (χ4n) is 3.44. The Morgan fingerprint density at radius 3 is 2.74 bits per heavy atom. The second kappa shape index (κ2) is 8.51. The van der Waals surface area contributed by atoms with Crippen molar-refractivity contribution >= 4 is 33.3 Å². The van der Waals surface area contributed by atoms with Crippen molar-refractivity contribution in [3.8, 4) is 0 Å². The number of rotatable bonds is 3. The Bertz CT molecular complexity index is 957. The molecule has 1 aliphatic rings. The summed E-state index contributed by atoms with van der Waals surface area (Å²) in [5.74, 6) is 4.88. The van der Waals surface area contributed by atoms with Crippen LogP contribution in [0.1, 0.15) is 40.6 Å². The summed E-state index contributed by atoms with van der Waals surface area (Å²) in [6.45, 7) is 0. The van der Waals surface area contributed by atoms with Gasteiger partial charge in [-0.3, -0.25) is 9.35 Å². The molecule has 4 N–H and O–H groups in total. The first-order valence-corrected chi connectivity index (χ1v) is 10.1. The van der Waals surface area contributed by atoms with E-state index in [1.807, 2.05) is 23.7 Å². The van der Waals surface area contributed by atoms with Gasteiger partial charge in [0.25, 0.3) is 16.0 Å². The van der Waals surface area contributed by atoms with Gasteiger partial charge in [0.1, 0.15) is 12.0 Å². The van der Waals surface area contributed by atoms with Crippen LogP contribution in [0, 0.1) is 0 Å². The monoisotopic (exact) mass is 396 g/mol. The molecule has 27 heavy (non-hydrogen) atoms. The minimum absolute atomic E-state index is 0.0777. The second-order valence-corrected chi connectivity index (χ2v) is 7.69. The predicted molar refractivity (Wildman–Crippen MR) is 103 cm³/mol. The molecule has 1 aromatic carbocycles. The number of hydrazone groups is 1. The molecular formula is C17H24N4O5S. The third-order valence-electron chi connectivity index (χ3n) is 4.37. The zero-order valence-electron chi connectivity index (χ0n) is 15.5. The molecule has 0 aliphatic heterocycles. The van der Waals surface area contributed by atoms with Crippen LogP contribution in [0.2, 0.25) is 0 Å². The van der Waals surface area contributed by atoms with Gasteiger partial charge in [0.05, 0.1) is 12.4 Å². The number of hydrogen-bond donors (Lipinski definition) is 3. The third-order valence-corrected chi connectivity index (χ3v) is 4.37. The van der Waals surface area contributed by atoms with Crippen LogP contribution in [0.3, 0.4) is 0 Å². The van der Waals surface area contributed by atoms with Crippen molar-refractivity contribution in [2.75, 3.05) is 13.4 Å². The van der Waals surface area contributed by atoms with E-state index in [0.29, 0.717) is 11.9 Å². The average Bonchev–Trinajstić information content (AvgIpc) is 2.75. The summed E-state index contributed by atoms with van der Waals surface area (Å²) in [7, 11) is -0.0176. The Morgan fingerprint density at radius 2 is 2.15 bits per heavy atom. The second-order valence-electron chi connectivity index (χ2n) is 6.23. The third kappa shape index (κ3) is 4.85. The lowest BCUT2D eigenvalue weighted by atomic mass is 10.0. The maximum Gasteiger partial charge on any atom is 0.273 e. The van der Waals surface area contributed by atoms with Crippen molar-refractivity contribution in [3.05, 3.63) is 35.0 Å². The smallest absolute Gasteiger partial charge is 0.273 e. The lowest BCUT2D eigenvalue weighted by molar-refractivity contribution is 0.0959. The molecule has 3 rings (SSSR count). The number of methoxy groups -OCH3 is 1. The standard InChI is InChI=1S/C16H20N4O2.CH4O3S/c1-20-12-7-3-5-10-13(22-2)8-4-6-11(14(10)12)15(20)16(21)18-9-19-17;1-5(2,3)4/h3,5,7,9,13H,4,6,8,17H2,1-2H3,(H,18,19,21);1H3,(H,2,3,4). The number of nitrogens with two attached hydrogens (primary N) is 1. The highest BCUT2D eigenvalue weighted by Gasteiger charge is 2.27. The van der Waals surface area contributed by atoms with Gasteiger partial charge < -0.3 is 20.5 Å². The average molecular weight is 396 g/mol. The number of amides is 1. The molecule has 0 fully saturated rings. The van der Waals surface area contributed by atoms with Gasteiger partial charge in [-0.05, 0) is 36.5 Å².